The van der Waals surface area contributed by atoms with E-state index in [0.717, 1.165) is 23.4 Å². The summed E-state index contributed by atoms with van der Waals surface area (Å²) in [6, 6.07) is 11.1. The smallest absolute Gasteiger partial charge is 0.410 e. The summed E-state index contributed by atoms with van der Waals surface area (Å²) in [4.78, 5) is 28.5. The van der Waals surface area contributed by atoms with E-state index in [2.05, 4.69) is 6.58 Å². The third-order valence-electron chi connectivity index (χ3n) is 7.09. The van der Waals surface area contributed by atoms with E-state index in [4.69, 9.17) is 18.4 Å². The second-order valence-corrected chi connectivity index (χ2v) is 14.6. The maximum atomic E-state index is 14.4. The van der Waals surface area contributed by atoms with Crippen LogP contribution in [0.1, 0.15) is 38.1 Å². The Hall–Kier alpha value is -3.88. The van der Waals surface area contributed by atoms with E-state index >= 15 is 0 Å². The average molecular weight is 649 g/mol. The first kappa shape index (κ1) is 33.0. The molecule has 0 saturated heterocycles. The summed E-state index contributed by atoms with van der Waals surface area (Å²) in [6.07, 6.45) is -0.328. The molecule has 44 heavy (non-hydrogen) atoms. The van der Waals surface area contributed by atoms with Gasteiger partial charge in [0, 0.05) is 11.9 Å². The number of hydrogen-bond acceptors (Lipinski definition) is 10. The molecule has 1 amide bonds. The number of aromatic nitrogens is 1. The Bertz CT molecular complexity index is 1790. The fourth-order valence-electron chi connectivity index (χ4n) is 5.40. The van der Waals surface area contributed by atoms with E-state index in [1.54, 1.807) is 57.2 Å². The number of benzene rings is 2. The van der Waals surface area contributed by atoms with Gasteiger partial charge in [0.25, 0.3) is 20.1 Å². The van der Waals surface area contributed by atoms with E-state index in [9.17, 15) is 26.4 Å². The second kappa shape index (κ2) is 12.3. The highest BCUT2D eigenvalue weighted by molar-refractivity contribution is 7.90. The Morgan fingerprint density at radius 3 is 2.25 bits per heavy atom. The van der Waals surface area contributed by atoms with Crippen molar-refractivity contribution >= 4 is 43.1 Å². The van der Waals surface area contributed by atoms with Gasteiger partial charge in [-0.1, -0.05) is 24.3 Å². The highest BCUT2D eigenvalue weighted by atomic mass is 32.2. The molecular weight excluding hydrogens is 612 g/mol. The van der Waals surface area contributed by atoms with Crippen LogP contribution < -0.4 is 4.74 Å². The third kappa shape index (κ3) is 6.47. The number of rotatable bonds is 9. The van der Waals surface area contributed by atoms with E-state index in [1.165, 1.54) is 24.1 Å². The van der Waals surface area contributed by atoms with E-state index in [0.29, 0.717) is 16.7 Å². The number of nitrogens with zero attached hydrogens (tertiary/aromatic N) is 2. The molecule has 3 atom stereocenters. The molecule has 0 fully saturated rings. The highest BCUT2D eigenvalue weighted by Crippen LogP contribution is 2.45. The summed E-state index contributed by atoms with van der Waals surface area (Å²) in [5, 5.41) is 0.510. The van der Waals surface area contributed by atoms with Gasteiger partial charge in [0.1, 0.15) is 23.4 Å². The molecule has 0 saturated carbocycles. The quantitative estimate of drug-likeness (QED) is 0.189. The first-order valence-electron chi connectivity index (χ1n) is 13.6. The molecule has 3 aromatic rings. The fourth-order valence-corrected chi connectivity index (χ4v) is 7.61. The van der Waals surface area contributed by atoms with Crippen molar-refractivity contribution in [3.63, 3.8) is 0 Å². The normalized spacial score (nSPS) is 17.0. The van der Waals surface area contributed by atoms with E-state index in [1.807, 2.05) is 0 Å². The van der Waals surface area contributed by atoms with Crippen LogP contribution in [0.3, 0.4) is 0 Å². The molecule has 2 heterocycles. The minimum absolute atomic E-state index is 0.00940. The van der Waals surface area contributed by atoms with Crippen molar-refractivity contribution in [1.82, 2.24) is 8.87 Å². The van der Waals surface area contributed by atoms with Crippen molar-refractivity contribution in [2.45, 2.75) is 49.8 Å². The molecular formula is C30H36N2O10S2. The summed E-state index contributed by atoms with van der Waals surface area (Å²) in [7, 11) is -5.98. The minimum Gasteiger partial charge on any atom is -0.497 e. The standard InChI is InChI=1S/C30H36N2O10S2/c1-8-24(42-43(7,35)36)25(28(33)40-6)27-26-21(16-17-31(27)29(34)41-30(2,3)4)22-18-19(39-5)14-15-23(22)32(26)44(37,38)20-12-10-9-11-13-20/h8-15,18,24-25,27H,1,16-17H2,2-7H3. The lowest BCUT2D eigenvalue weighted by molar-refractivity contribution is -0.151. The number of carbonyl (C=O) groups excluding carboxylic acids is 2. The number of hydrogen-bond donors (Lipinski definition) is 0. The second-order valence-electron chi connectivity index (χ2n) is 11.2. The van der Waals surface area contributed by atoms with Crippen LogP contribution in [0.25, 0.3) is 10.9 Å². The van der Waals surface area contributed by atoms with E-state index in [-0.39, 0.29) is 29.1 Å². The molecule has 12 nitrogen and oxygen atoms in total. The van der Waals surface area contributed by atoms with Gasteiger partial charge in [0.2, 0.25) is 0 Å². The summed E-state index contributed by atoms with van der Waals surface area (Å²) in [6.45, 7) is 8.65. The molecule has 1 aliphatic rings. The Labute approximate surface area is 257 Å². The number of esters is 1. The van der Waals surface area contributed by atoms with Gasteiger partial charge in [-0.3, -0.25) is 13.9 Å². The maximum absolute atomic E-state index is 14.4. The van der Waals surface area contributed by atoms with Crippen LogP contribution in [0.5, 0.6) is 5.75 Å². The molecule has 2 aromatic carbocycles. The van der Waals surface area contributed by atoms with Crippen LogP contribution in [0.2, 0.25) is 0 Å². The Balaban J connectivity index is 2.15. The van der Waals surface area contributed by atoms with Crippen LogP contribution in [-0.4, -0.2) is 76.5 Å². The number of methoxy groups -OCH3 is 2. The van der Waals surface area contributed by atoms with Crippen molar-refractivity contribution in [1.29, 1.82) is 0 Å². The predicted octanol–water partition coefficient (Wildman–Crippen LogP) is 4.04. The molecule has 238 valence electrons. The van der Waals surface area contributed by atoms with Gasteiger partial charge in [-0.2, -0.15) is 8.42 Å². The molecule has 0 spiro atoms. The molecule has 4 rings (SSSR count). The van der Waals surface area contributed by atoms with Crippen molar-refractivity contribution in [3.8, 4) is 5.75 Å². The Kier molecular flexibility index (Phi) is 9.19. The lowest BCUT2D eigenvalue weighted by Crippen LogP contribution is -2.51. The summed E-state index contributed by atoms with van der Waals surface area (Å²) in [5.74, 6) is -2.10. The molecule has 3 unspecified atom stereocenters. The molecule has 0 aliphatic carbocycles. The summed E-state index contributed by atoms with van der Waals surface area (Å²) >= 11 is 0. The Morgan fingerprint density at radius 1 is 1.05 bits per heavy atom. The number of amides is 1. The van der Waals surface area contributed by atoms with Crippen LogP contribution in [0.4, 0.5) is 4.79 Å². The first-order valence-corrected chi connectivity index (χ1v) is 16.9. The lowest BCUT2D eigenvalue weighted by Gasteiger charge is -2.41. The van der Waals surface area contributed by atoms with Crippen LogP contribution in [0.15, 0.2) is 66.1 Å². The largest absolute Gasteiger partial charge is 0.497 e. The van der Waals surface area contributed by atoms with Crippen LogP contribution in [0, 0.1) is 5.92 Å². The molecule has 0 N–H and O–H groups in total. The molecule has 14 heteroatoms. The average Bonchev–Trinajstić information content (AvgIpc) is 3.30. The SMILES string of the molecule is C=CC(OS(C)(=O)=O)C(C(=O)OC)C1c2c(c3cc(OC)ccc3n2S(=O)(=O)c2ccccc2)CCN1C(=O)OC(C)(C)C. The number of fused-ring (bicyclic) bond motifs is 3. The van der Waals surface area contributed by atoms with Crippen LogP contribution in [-0.2, 0) is 45.0 Å². The van der Waals surface area contributed by atoms with Gasteiger partial charge in [-0.25, -0.2) is 17.2 Å². The van der Waals surface area contributed by atoms with Gasteiger partial charge < -0.3 is 14.2 Å². The highest BCUT2D eigenvalue weighted by Gasteiger charge is 2.50. The van der Waals surface area contributed by atoms with Crippen molar-refractivity contribution in [2.75, 3.05) is 27.0 Å². The van der Waals surface area contributed by atoms with Crippen molar-refractivity contribution < 1.29 is 44.8 Å². The number of ether oxygens (including phenoxy) is 3. The molecule has 1 aromatic heterocycles. The number of carbonyl (C=O) groups is 2. The zero-order chi connectivity index (χ0) is 32.6. The maximum Gasteiger partial charge on any atom is 0.410 e. The van der Waals surface area contributed by atoms with E-state index < -0.39 is 55.9 Å². The van der Waals surface area contributed by atoms with Crippen LogP contribution >= 0.6 is 0 Å². The fraction of sp³-hybridized carbons (Fsp3) is 0.400. The predicted molar refractivity (Wildman–Crippen MR) is 162 cm³/mol. The molecule has 0 bridgehead atoms. The first-order chi connectivity index (χ1) is 20.5. The topological polar surface area (TPSA) is 148 Å². The van der Waals surface area contributed by atoms with Gasteiger partial charge in [-0.05, 0) is 63.1 Å². The third-order valence-corrected chi connectivity index (χ3v) is 9.40. The zero-order valence-corrected chi connectivity index (χ0v) is 27.0. The van der Waals surface area contributed by atoms with Gasteiger partial charge >= 0.3 is 12.1 Å². The van der Waals surface area contributed by atoms with Crippen molar-refractivity contribution in [3.05, 3.63) is 72.4 Å². The lowest BCUT2D eigenvalue weighted by atomic mass is 9.85. The Morgan fingerprint density at radius 2 is 1.70 bits per heavy atom. The molecule has 1 aliphatic heterocycles. The minimum atomic E-state index is -4.37. The van der Waals surface area contributed by atoms with Crippen molar-refractivity contribution in [2.24, 2.45) is 5.92 Å². The zero-order valence-electron chi connectivity index (χ0n) is 25.3. The summed E-state index contributed by atoms with van der Waals surface area (Å²) in [5.41, 5.74) is -0.133. The van der Waals surface area contributed by atoms with Gasteiger partial charge in [-0.15, -0.1) is 6.58 Å². The van der Waals surface area contributed by atoms with Gasteiger partial charge in [0.05, 0.1) is 42.6 Å². The summed E-state index contributed by atoms with van der Waals surface area (Å²) < 4.78 is 76.2. The monoisotopic (exact) mass is 648 g/mol. The molecule has 0 radical (unpaired) electrons. The van der Waals surface area contributed by atoms with Gasteiger partial charge in [0.15, 0.2) is 0 Å².